The van der Waals surface area contributed by atoms with Crippen LogP contribution in [0.2, 0.25) is 0 Å². The summed E-state index contributed by atoms with van der Waals surface area (Å²) in [6.07, 6.45) is 9.72. The van der Waals surface area contributed by atoms with Crippen molar-refractivity contribution in [2.75, 3.05) is 27.9 Å². The molecule has 394 valence electrons. The second-order valence-electron chi connectivity index (χ2n) is 20.8. The zero-order chi connectivity index (χ0) is 51.4. The van der Waals surface area contributed by atoms with Crippen LogP contribution in [0.15, 0.2) is 89.6 Å². The van der Waals surface area contributed by atoms with E-state index < -0.39 is 72.3 Å². The molecule has 1 aromatic rings. The Hall–Kier alpha value is -3.62. The van der Waals surface area contributed by atoms with Crippen LogP contribution >= 0.6 is 0 Å². The van der Waals surface area contributed by atoms with Gasteiger partial charge in [0.1, 0.15) is 35.9 Å². The summed E-state index contributed by atoms with van der Waals surface area (Å²) in [4.78, 5) is 24.5. The molecule has 16 heteroatoms. The molecule has 0 amide bonds. The van der Waals surface area contributed by atoms with Gasteiger partial charge < -0.3 is 68.0 Å². The number of nitrogens with one attached hydrogen (secondary N) is 1. The molecule has 71 heavy (non-hydrogen) atoms. The smallest absolute Gasteiger partial charge is 0.335 e. The van der Waals surface area contributed by atoms with Gasteiger partial charge in [-0.3, -0.25) is 4.79 Å². The van der Waals surface area contributed by atoms with Crippen molar-refractivity contribution in [1.82, 2.24) is 5.32 Å². The van der Waals surface area contributed by atoms with Gasteiger partial charge in [0.15, 0.2) is 18.4 Å². The molecule has 4 N–H and O–H groups in total. The van der Waals surface area contributed by atoms with Crippen LogP contribution in [-0.2, 0) is 52.2 Å². The molecule has 1 aromatic carbocycles. The quantitative estimate of drug-likeness (QED) is 0.152. The first-order chi connectivity index (χ1) is 33.8. The lowest BCUT2D eigenvalue weighted by Crippen LogP contribution is -2.58. The van der Waals surface area contributed by atoms with E-state index in [1.165, 1.54) is 0 Å². The molecule has 1 aliphatic carbocycles. The molecule has 6 aliphatic heterocycles. The fourth-order valence-corrected chi connectivity index (χ4v) is 11.5. The highest BCUT2D eigenvalue weighted by Crippen LogP contribution is 2.47. The maximum absolute atomic E-state index is 14.3. The van der Waals surface area contributed by atoms with Crippen molar-refractivity contribution in [3.8, 4) is 0 Å². The molecule has 8 rings (SSSR count). The molecule has 6 heterocycles. The summed E-state index contributed by atoms with van der Waals surface area (Å²) in [5.41, 5.74) is 0.507. The number of methoxy groups -OCH3 is 2. The number of allylic oxidation sites excluding steroid dienone is 2. The van der Waals surface area contributed by atoms with Crippen LogP contribution in [0.3, 0.4) is 0 Å². The fraction of sp³-hybridized carbons (Fsp3) is 0.673. The SMILES string of the molecule is CN[C@@H]1[C@H](C)O[C@@H](O[C@H]2[C@H](C)O[C@@H](O[C@@H]3/C(C)=C/C[C@@H]4C[C@@H](C[C@]5(C=C[C@H](C)[C@@H](C(C)C)O5)O4)OC(=O)[C@@H]4C=C(C)[C@@H](O)[C@H]5OC/C(=C\C=C\[C@@H]3C)[C@]54O)C[C@@H]2OC)C[C@@H]1OC.O=C(O)c1ccccc1. The number of hydrogen-bond acceptors (Lipinski definition) is 15. The Bertz CT molecular complexity index is 2130. The lowest BCUT2D eigenvalue weighted by molar-refractivity contribution is -0.312. The van der Waals surface area contributed by atoms with E-state index in [4.69, 9.17) is 52.5 Å². The number of carboxylic acid groups (broad SMARTS) is 1. The van der Waals surface area contributed by atoms with E-state index in [0.717, 1.165) is 5.57 Å². The lowest BCUT2D eigenvalue weighted by atomic mass is 9.71. The van der Waals surface area contributed by atoms with E-state index in [2.05, 4.69) is 52.1 Å². The van der Waals surface area contributed by atoms with Crippen molar-refractivity contribution in [2.45, 2.75) is 185 Å². The molecule has 4 fully saturated rings. The third kappa shape index (κ3) is 12.3. The Kier molecular flexibility index (Phi) is 18.4. The van der Waals surface area contributed by atoms with Gasteiger partial charge in [-0.2, -0.15) is 0 Å². The Balaban J connectivity index is 0.000000741. The maximum Gasteiger partial charge on any atom is 0.335 e. The van der Waals surface area contributed by atoms with E-state index in [9.17, 15) is 19.8 Å². The third-order valence-corrected chi connectivity index (χ3v) is 15.4. The minimum absolute atomic E-state index is 0.0407. The van der Waals surface area contributed by atoms with E-state index in [0.29, 0.717) is 48.8 Å². The van der Waals surface area contributed by atoms with Crippen LogP contribution in [0.4, 0.5) is 0 Å². The van der Waals surface area contributed by atoms with E-state index in [1.807, 2.05) is 39.1 Å². The fourth-order valence-electron chi connectivity index (χ4n) is 11.5. The predicted molar refractivity (Wildman–Crippen MR) is 263 cm³/mol. The summed E-state index contributed by atoms with van der Waals surface area (Å²) in [5, 5.41) is 35.4. The number of hydrogen-bond donors (Lipinski definition) is 4. The monoisotopic (exact) mass is 994 g/mol. The van der Waals surface area contributed by atoms with Gasteiger partial charge in [-0.1, -0.05) is 82.4 Å². The number of ether oxygens (including phenoxy) is 10. The van der Waals surface area contributed by atoms with Crippen molar-refractivity contribution in [3.05, 3.63) is 95.1 Å². The van der Waals surface area contributed by atoms with Crippen LogP contribution in [0, 0.1) is 23.7 Å². The number of aliphatic hydroxyl groups is 2. The molecule has 4 saturated heterocycles. The minimum Gasteiger partial charge on any atom is -0.478 e. The predicted octanol–water partition coefficient (Wildman–Crippen LogP) is 6.60. The largest absolute Gasteiger partial charge is 0.478 e. The zero-order valence-corrected chi connectivity index (χ0v) is 43.3. The van der Waals surface area contributed by atoms with Gasteiger partial charge >= 0.3 is 11.9 Å². The molecule has 0 aromatic heterocycles. The number of carbonyl (C=O) groups excluding carboxylic acids is 1. The number of esters is 1. The number of carbonyl (C=O) groups is 2. The Morgan fingerprint density at radius 2 is 1.56 bits per heavy atom. The van der Waals surface area contributed by atoms with Crippen LogP contribution < -0.4 is 5.32 Å². The van der Waals surface area contributed by atoms with Crippen LogP contribution in [0.5, 0.6) is 0 Å². The second-order valence-corrected chi connectivity index (χ2v) is 20.8. The van der Waals surface area contributed by atoms with Gasteiger partial charge in [-0.25, -0.2) is 4.79 Å². The van der Waals surface area contributed by atoms with Gasteiger partial charge in [0.25, 0.3) is 0 Å². The second kappa shape index (κ2) is 23.7. The van der Waals surface area contributed by atoms with Crippen molar-refractivity contribution in [2.24, 2.45) is 23.7 Å². The van der Waals surface area contributed by atoms with Gasteiger partial charge in [0.05, 0.1) is 60.9 Å². The Labute approximate surface area is 419 Å². The number of likely N-dealkylation sites (N-methyl/N-ethyl adjacent to an activating group) is 1. The molecule has 1 spiro atoms. The summed E-state index contributed by atoms with van der Waals surface area (Å²) >= 11 is 0. The van der Waals surface area contributed by atoms with Gasteiger partial charge in [-0.05, 0) is 82.0 Å². The Morgan fingerprint density at radius 1 is 0.873 bits per heavy atom. The standard InChI is InChI=1S/C48H73NO13.C7H6O2/c1-25(2)42-28(5)17-18-47(62-42)23-34-20-33(61-47)16-15-27(4)43(26(3)13-12-14-32-24-55-45-41(50)29(6)19-35(46(51)58-34)48(32,45)52)59-39-22-37(54-11)44(31(8)57-39)60-38-21-36(53-10)40(49-9)30(7)56-38;8-7(9)6-4-2-1-3-5-6/h12-15,17-19,25-26,28,30-31,33-45,49-50,52H,16,20-24H2,1-11H3;1-5H,(H,8,9)/b13-12+,27-15+,32-14+;/t26-,28-,30-,31-,33+,34-,35-,36-,37-,38-,39-,40+,41+,42+,43-,44-,45+,47+,48+;/m0./s1. The van der Waals surface area contributed by atoms with Gasteiger partial charge in [0.2, 0.25) is 0 Å². The summed E-state index contributed by atoms with van der Waals surface area (Å²) in [6.45, 7) is 16.3. The molecule has 0 saturated carbocycles. The number of carboxylic acids is 1. The van der Waals surface area contributed by atoms with Crippen molar-refractivity contribution in [3.63, 3.8) is 0 Å². The first-order valence-electron chi connectivity index (χ1n) is 25.4. The average Bonchev–Trinajstić information content (AvgIpc) is 3.68. The highest BCUT2D eigenvalue weighted by atomic mass is 16.7. The van der Waals surface area contributed by atoms with Crippen molar-refractivity contribution < 1.29 is 72.3 Å². The molecular formula is C55H79NO15. The molecule has 19 atom stereocenters. The lowest BCUT2D eigenvalue weighted by Gasteiger charge is -2.48. The summed E-state index contributed by atoms with van der Waals surface area (Å²) in [5.74, 6) is -3.44. The van der Waals surface area contributed by atoms with Gasteiger partial charge in [-0.15, -0.1) is 0 Å². The van der Waals surface area contributed by atoms with E-state index >= 15 is 0 Å². The number of aliphatic hydroxyl groups excluding tert-OH is 1. The third-order valence-electron chi connectivity index (χ3n) is 15.4. The first kappa shape index (κ1) is 55.1. The number of fused-ring (bicyclic) bond motifs is 2. The summed E-state index contributed by atoms with van der Waals surface area (Å²) in [6, 6.07) is 8.34. The number of benzene rings is 1. The number of rotatable bonds is 9. The maximum atomic E-state index is 14.3. The zero-order valence-electron chi connectivity index (χ0n) is 43.3. The molecule has 7 aliphatic rings. The van der Waals surface area contributed by atoms with Crippen LogP contribution in [0.25, 0.3) is 0 Å². The average molecular weight is 994 g/mol. The molecule has 0 radical (unpaired) electrons. The minimum atomic E-state index is -1.83. The summed E-state index contributed by atoms with van der Waals surface area (Å²) < 4.78 is 64.3. The van der Waals surface area contributed by atoms with Crippen molar-refractivity contribution in [1.29, 1.82) is 0 Å². The molecule has 0 unspecified atom stereocenters. The summed E-state index contributed by atoms with van der Waals surface area (Å²) in [7, 11) is 5.30. The normalized spacial score (nSPS) is 43.7. The number of aromatic carboxylic acids is 1. The molecule has 16 nitrogen and oxygen atoms in total. The first-order valence-corrected chi connectivity index (χ1v) is 25.4. The molecular weight excluding hydrogens is 915 g/mol. The topological polar surface area (TPSA) is 199 Å². The highest BCUT2D eigenvalue weighted by Gasteiger charge is 2.60. The van der Waals surface area contributed by atoms with Crippen molar-refractivity contribution >= 4 is 11.9 Å². The van der Waals surface area contributed by atoms with Crippen LogP contribution in [-0.4, -0.2) is 152 Å². The van der Waals surface area contributed by atoms with Crippen LogP contribution in [0.1, 0.15) is 97.9 Å². The molecule has 2 bridgehead atoms. The Morgan fingerprint density at radius 3 is 2.23 bits per heavy atom. The highest BCUT2D eigenvalue weighted by molar-refractivity contribution is 5.87. The van der Waals surface area contributed by atoms with E-state index in [-0.39, 0.29) is 67.0 Å². The van der Waals surface area contributed by atoms with Gasteiger partial charge in [0, 0.05) is 51.7 Å². The van der Waals surface area contributed by atoms with E-state index in [1.54, 1.807) is 63.6 Å².